The van der Waals surface area contributed by atoms with Crippen LogP contribution in [0.4, 0.5) is 5.69 Å². The molecule has 2 rings (SSSR count). The molecule has 0 aliphatic heterocycles. The van der Waals surface area contributed by atoms with E-state index in [-0.39, 0.29) is 10.6 Å². The first kappa shape index (κ1) is 18.1. The Kier molecular flexibility index (Phi) is 6.30. The van der Waals surface area contributed by atoms with Gasteiger partial charge in [0.05, 0.1) is 15.6 Å². The first-order valence-electron chi connectivity index (χ1n) is 6.24. The van der Waals surface area contributed by atoms with E-state index >= 15 is 0 Å². The van der Waals surface area contributed by atoms with E-state index in [0.717, 1.165) is 0 Å². The number of rotatable bonds is 4. The summed E-state index contributed by atoms with van der Waals surface area (Å²) in [6, 6.07) is 9.28. The maximum atomic E-state index is 11.9. The van der Waals surface area contributed by atoms with Crippen LogP contribution in [0.1, 0.15) is 10.4 Å². The summed E-state index contributed by atoms with van der Waals surface area (Å²) in [5, 5.41) is 3.57. The highest BCUT2D eigenvalue weighted by Gasteiger charge is 2.14. The number of nitrogens with one attached hydrogen (secondary N) is 1. The number of esters is 1. The molecule has 0 aliphatic rings. The Morgan fingerprint density at radius 3 is 2.43 bits per heavy atom. The van der Waals surface area contributed by atoms with Gasteiger partial charge < -0.3 is 10.1 Å². The first-order valence-corrected chi connectivity index (χ1v) is 8.16. The second-order valence-electron chi connectivity index (χ2n) is 4.38. The van der Waals surface area contributed by atoms with Crippen molar-refractivity contribution in [3.8, 4) is 0 Å². The molecule has 2 aromatic carbocycles. The molecular formula is C15H9BrCl3NO3. The zero-order valence-electron chi connectivity index (χ0n) is 11.4. The molecule has 8 heteroatoms. The lowest BCUT2D eigenvalue weighted by Gasteiger charge is -2.08. The van der Waals surface area contributed by atoms with Gasteiger partial charge in [0.15, 0.2) is 6.61 Å². The molecule has 23 heavy (non-hydrogen) atoms. The molecule has 0 spiro atoms. The van der Waals surface area contributed by atoms with Crippen LogP contribution >= 0.6 is 50.7 Å². The average molecular weight is 438 g/mol. The summed E-state index contributed by atoms with van der Waals surface area (Å²) in [5.74, 6) is -1.21. The third-order valence-electron chi connectivity index (χ3n) is 2.69. The number of amides is 1. The molecule has 0 aliphatic carbocycles. The van der Waals surface area contributed by atoms with Crippen LogP contribution in [0.5, 0.6) is 0 Å². The van der Waals surface area contributed by atoms with Crippen LogP contribution in [-0.2, 0) is 9.53 Å². The van der Waals surface area contributed by atoms with Gasteiger partial charge in [-0.05, 0) is 52.3 Å². The SMILES string of the molecule is O=C(COC(=O)c1ccc(Cl)cc1Cl)Nc1ccc(Br)c(Cl)c1. The largest absolute Gasteiger partial charge is 0.452 e. The molecule has 0 saturated carbocycles. The molecule has 2 aromatic rings. The zero-order chi connectivity index (χ0) is 17.0. The maximum absolute atomic E-state index is 11.9. The molecule has 0 bridgehead atoms. The minimum atomic E-state index is -0.712. The van der Waals surface area contributed by atoms with E-state index < -0.39 is 18.5 Å². The van der Waals surface area contributed by atoms with Crippen molar-refractivity contribution in [2.24, 2.45) is 0 Å². The van der Waals surface area contributed by atoms with E-state index in [0.29, 0.717) is 20.2 Å². The minimum Gasteiger partial charge on any atom is -0.452 e. The summed E-state index contributed by atoms with van der Waals surface area (Å²) in [5.41, 5.74) is 0.624. The molecule has 4 nitrogen and oxygen atoms in total. The number of hydrogen-bond donors (Lipinski definition) is 1. The Morgan fingerprint density at radius 2 is 1.78 bits per heavy atom. The number of ether oxygens (including phenoxy) is 1. The van der Waals surface area contributed by atoms with Crippen LogP contribution in [0.2, 0.25) is 15.1 Å². The topological polar surface area (TPSA) is 55.4 Å². The Hall–Kier alpha value is -1.27. The van der Waals surface area contributed by atoms with E-state index in [1.165, 1.54) is 18.2 Å². The van der Waals surface area contributed by atoms with Crippen LogP contribution in [0, 0.1) is 0 Å². The molecule has 0 saturated heterocycles. The van der Waals surface area contributed by atoms with Gasteiger partial charge in [-0.3, -0.25) is 4.79 Å². The average Bonchev–Trinajstić information content (AvgIpc) is 2.48. The van der Waals surface area contributed by atoms with Gasteiger partial charge in [-0.25, -0.2) is 4.79 Å². The third kappa shape index (κ3) is 5.11. The number of anilines is 1. The molecule has 0 unspecified atom stereocenters. The van der Waals surface area contributed by atoms with Gasteiger partial charge >= 0.3 is 5.97 Å². The molecule has 0 aromatic heterocycles. The highest BCUT2D eigenvalue weighted by atomic mass is 79.9. The Bertz CT molecular complexity index is 768. The van der Waals surface area contributed by atoms with E-state index in [1.807, 2.05) is 0 Å². The zero-order valence-corrected chi connectivity index (χ0v) is 15.3. The second kappa shape index (κ2) is 8.02. The van der Waals surface area contributed by atoms with Gasteiger partial charge in [-0.2, -0.15) is 0 Å². The molecule has 1 N–H and O–H groups in total. The summed E-state index contributed by atoms with van der Waals surface area (Å²) < 4.78 is 5.63. The first-order chi connectivity index (χ1) is 10.9. The molecule has 1 amide bonds. The monoisotopic (exact) mass is 435 g/mol. The van der Waals surface area contributed by atoms with Gasteiger partial charge in [0.1, 0.15) is 0 Å². The summed E-state index contributed by atoms with van der Waals surface area (Å²) in [7, 11) is 0. The Balaban J connectivity index is 1.93. The van der Waals surface area contributed by atoms with Crippen molar-refractivity contribution in [1.82, 2.24) is 0 Å². The summed E-state index contributed by atoms with van der Waals surface area (Å²) in [6.45, 7) is -0.453. The fourth-order valence-electron chi connectivity index (χ4n) is 1.63. The quantitative estimate of drug-likeness (QED) is 0.669. The van der Waals surface area contributed by atoms with Crippen molar-refractivity contribution in [2.75, 3.05) is 11.9 Å². The summed E-state index contributed by atoms with van der Waals surface area (Å²) in [6.07, 6.45) is 0. The number of benzene rings is 2. The van der Waals surface area contributed by atoms with Gasteiger partial charge in [-0.15, -0.1) is 0 Å². The number of hydrogen-bond acceptors (Lipinski definition) is 3. The molecular weight excluding hydrogens is 428 g/mol. The molecule has 0 heterocycles. The predicted octanol–water partition coefficient (Wildman–Crippen LogP) is 5.20. The van der Waals surface area contributed by atoms with Gasteiger partial charge in [0.2, 0.25) is 0 Å². The van der Waals surface area contributed by atoms with Crippen molar-refractivity contribution in [3.63, 3.8) is 0 Å². The lowest BCUT2D eigenvalue weighted by molar-refractivity contribution is -0.119. The van der Waals surface area contributed by atoms with Gasteiger partial charge in [0.25, 0.3) is 5.91 Å². The van der Waals surface area contributed by atoms with Crippen LogP contribution in [0.25, 0.3) is 0 Å². The van der Waals surface area contributed by atoms with Crippen LogP contribution in [0.3, 0.4) is 0 Å². The van der Waals surface area contributed by atoms with E-state index in [1.54, 1.807) is 18.2 Å². The smallest absolute Gasteiger partial charge is 0.340 e. The van der Waals surface area contributed by atoms with Crippen molar-refractivity contribution < 1.29 is 14.3 Å². The van der Waals surface area contributed by atoms with Crippen molar-refractivity contribution in [2.45, 2.75) is 0 Å². The number of halogens is 4. The fourth-order valence-corrected chi connectivity index (χ4v) is 2.55. The van der Waals surface area contributed by atoms with Crippen molar-refractivity contribution in [3.05, 3.63) is 61.5 Å². The van der Waals surface area contributed by atoms with Gasteiger partial charge in [0, 0.05) is 15.2 Å². The van der Waals surface area contributed by atoms with Crippen LogP contribution in [0.15, 0.2) is 40.9 Å². The van der Waals surface area contributed by atoms with Crippen LogP contribution in [-0.4, -0.2) is 18.5 Å². The maximum Gasteiger partial charge on any atom is 0.340 e. The Morgan fingerprint density at radius 1 is 1.04 bits per heavy atom. The highest BCUT2D eigenvalue weighted by molar-refractivity contribution is 9.10. The lowest BCUT2D eigenvalue weighted by Crippen LogP contribution is -2.21. The van der Waals surface area contributed by atoms with Crippen molar-refractivity contribution >= 4 is 68.3 Å². The van der Waals surface area contributed by atoms with E-state index in [2.05, 4.69) is 21.2 Å². The van der Waals surface area contributed by atoms with Crippen molar-refractivity contribution in [1.29, 1.82) is 0 Å². The molecule has 0 atom stereocenters. The fraction of sp³-hybridized carbons (Fsp3) is 0.0667. The molecule has 0 fully saturated rings. The summed E-state index contributed by atoms with van der Waals surface area (Å²) in [4.78, 5) is 23.7. The second-order valence-corrected chi connectivity index (χ2v) is 6.48. The van der Waals surface area contributed by atoms with Crippen LogP contribution < -0.4 is 5.32 Å². The normalized spacial score (nSPS) is 10.3. The van der Waals surface area contributed by atoms with E-state index in [4.69, 9.17) is 39.5 Å². The molecule has 0 radical (unpaired) electrons. The van der Waals surface area contributed by atoms with E-state index in [9.17, 15) is 9.59 Å². The number of carbonyl (C=O) groups excluding carboxylic acids is 2. The number of carbonyl (C=O) groups is 2. The lowest BCUT2D eigenvalue weighted by atomic mass is 10.2. The molecule has 120 valence electrons. The van der Waals surface area contributed by atoms with Gasteiger partial charge in [-0.1, -0.05) is 34.8 Å². The third-order valence-corrected chi connectivity index (χ3v) is 4.47. The minimum absolute atomic E-state index is 0.135. The standard InChI is InChI=1S/C15H9BrCl3NO3/c16-11-4-2-9(6-13(11)19)20-14(21)7-23-15(22)10-3-1-8(17)5-12(10)18/h1-6H,7H2,(H,20,21). The predicted molar refractivity (Wildman–Crippen MR) is 94.5 cm³/mol. The summed E-state index contributed by atoms with van der Waals surface area (Å²) >= 11 is 20.8. The highest BCUT2D eigenvalue weighted by Crippen LogP contribution is 2.25. The Labute approximate surface area is 155 Å².